The zero-order valence-electron chi connectivity index (χ0n) is 13.1. The molecule has 0 atom stereocenters. The second-order valence-corrected chi connectivity index (χ2v) is 6.32. The van der Waals surface area contributed by atoms with Gasteiger partial charge in [0.05, 0.1) is 12.8 Å². The molecule has 1 fully saturated rings. The molecule has 3 rings (SSSR count). The lowest BCUT2D eigenvalue weighted by Gasteiger charge is -2.17. The highest BCUT2D eigenvalue weighted by molar-refractivity contribution is 5.96. The predicted octanol–water partition coefficient (Wildman–Crippen LogP) is 0.242. The SMILES string of the molecule is CC(C)Cn1c(O)c(C(=O)NC2CC2)c(=O)n2ncc(CO)c12. The molecule has 8 heteroatoms. The number of aromatic nitrogens is 3. The van der Waals surface area contributed by atoms with Crippen LogP contribution in [0, 0.1) is 5.92 Å². The number of nitrogens with one attached hydrogen (secondary N) is 1. The Kier molecular flexibility index (Phi) is 3.85. The van der Waals surface area contributed by atoms with Crippen molar-refractivity contribution < 1.29 is 15.0 Å². The number of hydrogen-bond acceptors (Lipinski definition) is 5. The molecule has 1 aliphatic carbocycles. The van der Waals surface area contributed by atoms with E-state index in [0.717, 1.165) is 17.4 Å². The molecule has 0 spiro atoms. The van der Waals surface area contributed by atoms with Crippen LogP contribution in [0.1, 0.15) is 42.6 Å². The van der Waals surface area contributed by atoms with Crippen LogP contribution in [0.15, 0.2) is 11.0 Å². The second-order valence-electron chi connectivity index (χ2n) is 6.32. The third-order valence-electron chi connectivity index (χ3n) is 3.82. The molecule has 2 heterocycles. The molecule has 1 amide bonds. The van der Waals surface area contributed by atoms with Crippen LogP contribution in [-0.2, 0) is 13.2 Å². The summed E-state index contributed by atoms with van der Waals surface area (Å²) in [6, 6.07) is 0.0705. The van der Waals surface area contributed by atoms with Gasteiger partial charge in [0.15, 0.2) is 5.56 Å². The highest BCUT2D eigenvalue weighted by Gasteiger charge is 2.29. The van der Waals surface area contributed by atoms with Crippen molar-refractivity contribution in [2.45, 2.75) is 45.9 Å². The normalized spacial score (nSPS) is 14.6. The molecule has 3 N–H and O–H groups in total. The molecular formula is C15H20N4O4. The van der Waals surface area contributed by atoms with E-state index in [1.54, 1.807) is 0 Å². The van der Waals surface area contributed by atoms with Gasteiger partial charge in [0.25, 0.3) is 11.5 Å². The van der Waals surface area contributed by atoms with Crippen LogP contribution >= 0.6 is 0 Å². The van der Waals surface area contributed by atoms with Crippen LogP contribution in [0.25, 0.3) is 5.65 Å². The van der Waals surface area contributed by atoms with E-state index in [4.69, 9.17) is 0 Å². The van der Waals surface area contributed by atoms with E-state index >= 15 is 0 Å². The number of aliphatic hydroxyl groups excluding tert-OH is 1. The monoisotopic (exact) mass is 320 g/mol. The Morgan fingerprint density at radius 1 is 1.48 bits per heavy atom. The van der Waals surface area contributed by atoms with E-state index in [0.29, 0.717) is 17.8 Å². The first-order valence-corrected chi connectivity index (χ1v) is 7.68. The van der Waals surface area contributed by atoms with E-state index in [2.05, 4.69) is 10.4 Å². The number of fused-ring (bicyclic) bond motifs is 1. The van der Waals surface area contributed by atoms with Gasteiger partial charge in [-0.05, 0) is 18.8 Å². The molecule has 1 saturated carbocycles. The highest BCUT2D eigenvalue weighted by Crippen LogP contribution is 2.24. The minimum atomic E-state index is -0.685. The van der Waals surface area contributed by atoms with Crippen LogP contribution in [0.3, 0.4) is 0 Å². The maximum Gasteiger partial charge on any atom is 0.291 e. The fourth-order valence-corrected chi connectivity index (χ4v) is 2.58. The predicted molar refractivity (Wildman–Crippen MR) is 82.4 cm³/mol. The molecule has 0 aliphatic heterocycles. The molecule has 0 radical (unpaired) electrons. The van der Waals surface area contributed by atoms with Crippen LogP contribution < -0.4 is 10.9 Å². The number of aliphatic hydroxyl groups is 1. The van der Waals surface area contributed by atoms with E-state index in [9.17, 15) is 19.8 Å². The topological polar surface area (TPSA) is 109 Å². The molecule has 2 aromatic heterocycles. The first-order chi connectivity index (χ1) is 10.9. The molecule has 0 aromatic carbocycles. The molecule has 0 saturated heterocycles. The molecule has 0 bridgehead atoms. The lowest BCUT2D eigenvalue weighted by Crippen LogP contribution is -2.34. The number of aromatic hydroxyl groups is 1. The van der Waals surface area contributed by atoms with Crippen molar-refractivity contribution in [1.29, 1.82) is 0 Å². The van der Waals surface area contributed by atoms with Gasteiger partial charge >= 0.3 is 0 Å². The number of nitrogens with zero attached hydrogens (tertiary/aromatic N) is 3. The Labute approximate surface area is 132 Å². The minimum Gasteiger partial charge on any atom is -0.494 e. The molecule has 1 aliphatic rings. The van der Waals surface area contributed by atoms with Crippen molar-refractivity contribution in [2.75, 3.05) is 0 Å². The maximum absolute atomic E-state index is 12.5. The summed E-state index contributed by atoms with van der Waals surface area (Å²) in [6.45, 7) is 3.98. The first-order valence-electron chi connectivity index (χ1n) is 7.68. The van der Waals surface area contributed by atoms with Gasteiger partial charge in [-0.25, -0.2) is 0 Å². The fraction of sp³-hybridized carbons (Fsp3) is 0.533. The number of carbonyl (C=O) groups is 1. The maximum atomic E-state index is 12.5. The Balaban J connectivity index is 2.24. The first kappa shape index (κ1) is 15.5. The number of rotatable bonds is 5. The van der Waals surface area contributed by atoms with Gasteiger partial charge < -0.3 is 15.5 Å². The molecule has 2 aromatic rings. The zero-order chi connectivity index (χ0) is 16.7. The van der Waals surface area contributed by atoms with Crippen molar-refractivity contribution in [3.8, 4) is 5.88 Å². The summed E-state index contributed by atoms with van der Waals surface area (Å²) in [5.74, 6) is -0.812. The summed E-state index contributed by atoms with van der Waals surface area (Å²) in [5, 5.41) is 26.7. The van der Waals surface area contributed by atoms with Gasteiger partial charge in [-0.2, -0.15) is 9.61 Å². The third-order valence-corrected chi connectivity index (χ3v) is 3.82. The largest absolute Gasteiger partial charge is 0.494 e. The van der Waals surface area contributed by atoms with Crippen LogP contribution in [0.2, 0.25) is 0 Å². The standard InChI is InChI=1S/C15H20N4O4/c1-8(2)6-18-13-9(7-20)5-16-19(13)15(23)11(14(18)22)12(21)17-10-3-4-10/h5,8,10,20,22H,3-4,6-7H2,1-2H3,(H,17,21). The second kappa shape index (κ2) is 5.69. The highest BCUT2D eigenvalue weighted by atomic mass is 16.3. The van der Waals surface area contributed by atoms with Crippen molar-refractivity contribution in [2.24, 2.45) is 5.92 Å². The Hall–Kier alpha value is -2.35. The number of carbonyl (C=O) groups excluding carboxylic acids is 1. The van der Waals surface area contributed by atoms with Gasteiger partial charge in [-0.3, -0.25) is 14.2 Å². The lowest BCUT2D eigenvalue weighted by atomic mass is 10.2. The summed E-state index contributed by atoms with van der Waals surface area (Å²) in [5.41, 5.74) is -0.258. The summed E-state index contributed by atoms with van der Waals surface area (Å²) in [7, 11) is 0. The summed E-state index contributed by atoms with van der Waals surface area (Å²) >= 11 is 0. The Morgan fingerprint density at radius 2 is 2.17 bits per heavy atom. The van der Waals surface area contributed by atoms with E-state index in [-0.39, 0.29) is 30.0 Å². The molecule has 23 heavy (non-hydrogen) atoms. The van der Waals surface area contributed by atoms with Gasteiger partial charge in [0.2, 0.25) is 5.88 Å². The Morgan fingerprint density at radius 3 is 2.74 bits per heavy atom. The third kappa shape index (κ3) is 2.70. The lowest BCUT2D eigenvalue weighted by molar-refractivity contribution is 0.0944. The van der Waals surface area contributed by atoms with Gasteiger partial charge in [-0.1, -0.05) is 13.8 Å². The van der Waals surface area contributed by atoms with Crippen molar-refractivity contribution in [3.63, 3.8) is 0 Å². The zero-order valence-corrected chi connectivity index (χ0v) is 13.1. The summed E-state index contributed by atoms with van der Waals surface area (Å²) in [4.78, 5) is 24.9. The average molecular weight is 320 g/mol. The number of amides is 1. The minimum absolute atomic E-state index is 0.0705. The van der Waals surface area contributed by atoms with Gasteiger partial charge in [-0.15, -0.1) is 0 Å². The van der Waals surface area contributed by atoms with Gasteiger partial charge in [0.1, 0.15) is 5.65 Å². The fourth-order valence-electron chi connectivity index (χ4n) is 2.58. The average Bonchev–Trinajstić information content (AvgIpc) is 3.18. The molecule has 8 nitrogen and oxygen atoms in total. The molecule has 124 valence electrons. The van der Waals surface area contributed by atoms with Crippen LogP contribution in [0.5, 0.6) is 5.88 Å². The van der Waals surface area contributed by atoms with E-state index in [1.165, 1.54) is 10.8 Å². The summed E-state index contributed by atoms with van der Waals surface area (Å²) in [6.07, 6.45) is 3.13. The molecular weight excluding hydrogens is 300 g/mol. The van der Waals surface area contributed by atoms with E-state index in [1.807, 2.05) is 13.8 Å². The smallest absolute Gasteiger partial charge is 0.291 e. The van der Waals surface area contributed by atoms with E-state index < -0.39 is 11.5 Å². The molecule has 0 unspecified atom stereocenters. The van der Waals surface area contributed by atoms with Crippen molar-refractivity contribution >= 4 is 11.6 Å². The van der Waals surface area contributed by atoms with Crippen LogP contribution in [0.4, 0.5) is 0 Å². The van der Waals surface area contributed by atoms with Crippen LogP contribution in [-0.4, -0.2) is 36.3 Å². The number of hydrogen-bond donors (Lipinski definition) is 3. The van der Waals surface area contributed by atoms with Crippen molar-refractivity contribution in [3.05, 3.63) is 27.7 Å². The van der Waals surface area contributed by atoms with Crippen molar-refractivity contribution in [1.82, 2.24) is 19.5 Å². The summed E-state index contributed by atoms with van der Waals surface area (Å²) < 4.78 is 2.53. The Bertz CT molecular complexity index is 817. The quantitative estimate of drug-likeness (QED) is 0.731. The van der Waals surface area contributed by atoms with Gasteiger partial charge in [0, 0.05) is 18.2 Å².